The summed E-state index contributed by atoms with van der Waals surface area (Å²) in [5, 5.41) is 0. The van der Waals surface area contributed by atoms with E-state index in [4.69, 9.17) is 10.5 Å². The van der Waals surface area contributed by atoms with Gasteiger partial charge in [0.25, 0.3) is 0 Å². The van der Waals surface area contributed by atoms with Crippen molar-refractivity contribution in [1.82, 2.24) is 0 Å². The molecule has 0 heterocycles. The minimum absolute atomic E-state index is 0.238. The summed E-state index contributed by atoms with van der Waals surface area (Å²) in [7, 11) is 0. The number of hydrogen-bond donors (Lipinski definition) is 1. The lowest BCUT2D eigenvalue weighted by atomic mass is 10.2. The quantitative estimate of drug-likeness (QED) is 0.723. The largest absolute Gasteiger partial charge is 0.391 e. The molecule has 0 aliphatic heterocycles. The summed E-state index contributed by atoms with van der Waals surface area (Å²) < 4.78 is 39.6. The van der Waals surface area contributed by atoms with Crippen LogP contribution in [0.2, 0.25) is 0 Å². The van der Waals surface area contributed by atoms with E-state index in [1.54, 1.807) is 13.8 Å². The monoisotopic (exact) mass is 185 g/mol. The zero-order valence-electron chi connectivity index (χ0n) is 7.19. The van der Waals surface area contributed by atoms with Crippen LogP contribution in [0.4, 0.5) is 13.2 Å². The molecule has 0 bridgehead atoms. The molecule has 2 N–H and O–H groups in total. The fourth-order valence-corrected chi connectivity index (χ4v) is 0.512. The zero-order valence-corrected chi connectivity index (χ0v) is 7.19. The molecular formula is C7H14F3NO. The van der Waals surface area contributed by atoms with Gasteiger partial charge in [0.15, 0.2) is 0 Å². The Morgan fingerprint density at radius 3 is 2.17 bits per heavy atom. The second kappa shape index (κ2) is 4.67. The van der Waals surface area contributed by atoms with Crippen molar-refractivity contribution in [3.05, 3.63) is 0 Å². The molecule has 0 aromatic carbocycles. The van der Waals surface area contributed by atoms with Crippen LogP contribution < -0.4 is 5.73 Å². The normalized spacial score (nSPS) is 17.5. The van der Waals surface area contributed by atoms with E-state index < -0.39 is 12.6 Å². The predicted molar refractivity (Wildman–Crippen MR) is 39.7 cm³/mol. The first kappa shape index (κ1) is 11.7. The molecule has 12 heavy (non-hydrogen) atoms. The van der Waals surface area contributed by atoms with Gasteiger partial charge >= 0.3 is 6.18 Å². The highest BCUT2D eigenvalue weighted by Gasteiger charge is 2.27. The number of rotatable bonds is 4. The maximum absolute atomic E-state index is 11.6. The van der Waals surface area contributed by atoms with Crippen LogP contribution in [0.5, 0.6) is 0 Å². The molecule has 0 aliphatic rings. The number of ether oxygens (including phenoxy) is 1. The van der Waals surface area contributed by atoms with Crippen LogP contribution in [0.25, 0.3) is 0 Å². The minimum Gasteiger partial charge on any atom is -0.377 e. The molecule has 74 valence electrons. The number of hydrogen-bond acceptors (Lipinski definition) is 2. The van der Waals surface area contributed by atoms with E-state index in [0.29, 0.717) is 0 Å². The predicted octanol–water partition coefficient (Wildman–Crippen LogP) is 1.69. The Hall–Kier alpha value is -0.290. The van der Waals surface area contributed by atoms with E-state index in [9.17, 15) is 13.2 Å². The maximum Gasteiger partial charge on any atom is 0.391 e. The Bertz CT molecular complexity index is 124. The minimum atomic E-state index is -4.14. The summed E-state index contributed by atoms with van der Waals surface area (Å²) >= 11 is 0. The molecule has 0 saturated carbocycles. The van der Waals surface area contributed by atoms with Crippen molar-refractivity contribution in [3.63, 3.8) is 0 Å². The third-order valence-corrected chi connectivity index (χ3v) is 1.51. The van der Waals surface area contributed by atoms with Gasteiger partial charge in [-0.15, -0.1) is 0 Å². The van der Waals surface area contributed by atoms with Crippen molar-refractivity contribution in [2.24, 2.45) is 5.73 Å². The molecule has 0 radical (unpaired) electrons. The molecule has 0 saturated heterocycles. The number of alkyl halides is 3. The van der Waals surface area contributed by atoms with Gasteiger partial charge in [-0.3, -0.25) is 0 Å². The van der Waals surface area contributed by atoms with Crippen LogP contribution in [0.1, 0.15) is 20.3 Å². The first-order chi connectivity index (χ1) is 5.33. The van der Waals surface area contributed by atoms with E-state index in [2.05, 4.69) is 0 Å². The van der Waals surface area contributed by atoms with E-state index in [1.807, 2.05) is 0 Å². The molecule has 1 unspecified atom stereocenters. The highest BCUT2D eigenvalue weighted by atomic mass is 19.4. The molecule has 0 aromatic rings. The molecule has 0 spiro atoms. The Balaban J connectivity index is 3.44. The Morgan fingerprint density at radius 1 is 1.33 bits per heavy atom. The van der Waals surface area contributed by atoms with Crippen molar-refractivity contribution in [3.8, 4) is 0 Å². The van der Waals surface area contributed by atoms with Crippen molar-refractivity contribution < 1.29 is 17.9 Å². The summed E-state index contributed by atoms with van der Waals surface area (Å²) in [6.07, 6.45) is -5.38. The summed E-state index contributed by atoms with van der Waals surface area (Å²) in [5.74, 6) is 0. The van der Waals surface area contributed by atoms with Gasteiger partial charge < -0.3 is 10.5 Å². The second-order valence-corrected chi connectivity index (χ2v) is 2.80. The van der Waals surface area contributed by atoms with Crippen LogP contribution in [-0.2, 0) is 4.74 Å². The van der Waals surface area contributed by atoms with Gasteiger partial charge in [0.1, 0.15) is 0 Å². The third-order valence-electron chi connectivity index (χ3n) is 1.51. The van der Waals surface area contributed by atoms with Crippen LogP contribution in [0.3, 0.4) is 0 Å². The number of halogens is 3. The van der Waals surface area contributed by atoms with Crippen molar-refractivity contribution >= 4 is 0 Å². The van der Waals surface area contributed by atoms with Gasteiger partial charge in [-0.05, 0) is 13.8 Å². The topological polar surface area (TPSA) is 35.2 Å². The summed E-state index contributed by atoms with van der Waals surface area (Å²) in [5.41, 5.74) is 5.38. The van der Waals surface area contributed by atoms with E-state index in [0.717, 1.165) is 0 Å². The lowest BCUT2D eigenvalue weighted by Gasteiger charge is -2.16. The summed E-state index contributed by atoms with van der Waals surface area (Å²) in [6, 6.07) is -0.238. The summed E-state index contributed by atoms with van der Waals surface area (Å²) in [6.45, 7) is 3.03. The van der Waals surface area contributed by atoms with Crippen LogP contribution in [0.15, 0.2) is 0 Å². The lowest BCUT2D eigenvalue weighted by Crippen LogP contribution is -2.32. The molecule has 0 fully saturated rings. The molecule has 2 nitrogen and oxygen atoms in total. The van der Waals surface area contributed by atoms with Gasteiger partial charge in [0.05, 0.1) is 19.1 Å². The molecule has 2 atom stereocenters. The van der Waals surface area contributed by atoms with Crippen LogP contribution in [0, 0.1) is 0 Å². The fraction of sp³-hybridized carbons (Fsp3) is 1.00. The van der Waals surface area contributed by atoms with E-state index in [1.165, 1.54) is 0 Å². The van der Waals surface area contributed by atoms with Gasteiger partial charge in [0.2, 0.25) is 0 Å². The highest BCUT2D eigenvalue weighted by Crippen LogP contribution is 2.19. The first-order valence-electron chi connectivity index (χ1n) is 3.77. The molecule has 0 rings (SSSR count). The molecular weight excluding hydrogens is 171 g/mol. The van der Waals surface area contributed by atoms with Crippen molar-refractivity contribution in [1.29, 1.82) is 0 Å². The average molecular weight is 185 g/mol. The smallest absolute Gasteiger partial charge is 0.377 e. The number of nitrogens with two attached hydrogens (primary N) is 1. The van der Waals surface area contributed by atoms with Crippen LogP contribution >= 0.6 is 0 Å². The second-order valence-electron chi connectivity index (χ2n) is 2.80. The van der Waals surface area contributed by atoms with Crippen molar-refractivity contribution in [2.45, 2.75) is 38.6 Å². The Kier molecular flexibility index (Phi) is 4.55. The zero-order chi connectivity index (χ0) is 9.78. The molecule has 0 aliphatic carbocycles. The van der Waals surface area contributed by atoms with Gasteiger partial charge in [-0.1, -0.05) is 0 Å². The maximum atomic E-state index is 11.6. The molecule has 0 amide bonds. The Morgan fingerprint density at radius 2 is 1.83 bits per heavy atom. The summed E-state index contributed by atoms with van der Waals surface area (Å²) in [4.78, 5) is 0. The van der Waals surface area contributed by atoms with E-state index in [-0.39, 0.29) is 18.8 Å². The Labute approximate surface area is 69.9 Å². The molecule has 5 heteroatoms. The molecule has 0 aromatic heterocycles. The SMILES string of the molecule is CC(OCCC(F)(F)F)[C@H](C)N. The van der Waals surface area contributed by atoms with Crippen LogP contribution in [-0.4, -0.2) is 24.9 Å². The van der Waals surface area contributed by atoms with Gasteiger partial charge in [-0.2, -0.15) is 13.2 Å². The van der Waals surface area contributed by atoms with Gasteiger partial charge in [0, 0.05) is 6.04 Å². The third kappa shape index (κ3) is 6.42. The van der Waals surface area contributed by atoms with Gasteiger partial charge in [-0.25, -0.2) is 0 Å². The first-order valence-corrected chi connectivity index (χ1v) is 3.77. The van der Waals surface area contributed by atoms with E-state index >= 15 is 0 Å². The average Bonchev–Trinajstić information content (AvgIpc) is 1.84. The standard InChI is InChI=1S/C7H14F3NO/c1-5(11)6(2)12-4-3-7(8,9)10/h5-6H,3-4,11H2,1-2H3/t5-,6?/m0/s1. The fourth-order valence-electron chi connectivity index (χ4n) is 0.512. The lowest BCUT2D eigenvalue weighted by molar-refractivity contribution is -0.148. The highest BCUT2D eigenvalue weighted by molar-refractivity contribution is 4.62. The van der Waals surface area contributed by atoms with Crippen molar-refractivity contribution in [2.75, 3.05) is 6.61 Å².